The van der Waals surface area contributed by atoms with E-state index in [1.807, 2.05) is 6.92 Å². The van der Waals surface area contributed by atoms with Crippen LogP contribution in [0, 0.1) is 0 Å². The third-order valence-corrected chi connectivity index (χ3v) is 2.69. The van der Waals surface area contributed by atoms with Crippen molar-refractivity contribution in [1.82, 2.24) is 4.98 Å². The molecule has 1 heterocycles. The lowest BCUT2D eigenvalue weighted by Crippen LogP contribution is -2.10. The molecular formula is C9H10BrClN2O. The largest absolute Gasteiger partial charge is 0.325 e. The number of hydrogen-bond donors (Lipinski definition) is 1. The zero-order valence-electron chi connectivity index (χ0n) is 7.68. The first-order valence-corrected chi connectivity index (χ1v) is 5.41. The van der Waals surface area contributed by atoms with E-state index < -0.39 is 0 Å². The van der Waals surface area contributed by atoms with Crippen LogP contribution in [0.25, 0.3) is 0 Å². The molecule has 0 radical (unpaired) electrons. The molecule has 5 heteroatoms. The fourth-order valence-corrected chi connectivity index (χ4v) is 1.39. The minimum atomic E-state index is -0.0106. The third-order valence-electron chi connectivity index (χ3n) is 1.56. The minimum absolute atomic E-state index is 0.0106. The number of aromatic nitrogens is 1. The molecule has 1 aromatic rings. The molecule has 0 atom stereocenters. The number of nitrogens with zero attached hydrogens (tertiary/aromatic N) is 1. The van der Waals surface area contributed by atoms with E-state index >= 15 is 0 Å². The highest BCUT2D eigenvalue weighted by molar-refractivity contribution is 9.10. The van der Waals surface area contributed by atoms with Crippen LogP contribution < -0.4 is 5.32 Å². The molecule has 0 fully saturated rings. The molecule has 0 aliphatic heterocycles. The van der Waals surface area contributed by atoms with E-state index in [4.69, 9.17) is 11.6 Å². The van der Waals surface area contributed by atoms with Crippen LogP contribution in [0.4, 0.5) is 5.69 Å². The number of hydrogen-bond acceptors (Lipinski definition) is 2. The van der Waals surface area contributed by atoms with Crippen molar-refractivity contribution in [1.29, 1.82) is 0 Å². The van der Waals surface area contributed by atoms with Gasteiger partial charge in [-0.1, -0.05) is 18.5 Å². The molecular weight excluding hydrogens is 267 g/mol. The van der Waals surface area contributed by atoms with Gasteiger partial charge in [0.15, 0.2) is 0 Å². The number of rotatable bonds is 3. The molecule has 1 N–H and O–H groups in total. The Labute approximate surface area is 96.0 Å². The van der Waals surface area contributed by atoms with Gasteiger partial charge < -0.3 is 5.32 Å². The van der Waals surface area contributed by atoms with Crippen LogP contribution in [0.5, 0.6) is 0 Å². The van der Waals surface area contributed by atoms with Crippen LogP contribution >= 0.6 is 27.5 Å². The zero-order chi connectivity index (χ0) is 10.6. The lowest BCUT2D eigenvalue weighted by Gasteiger charge is -2.04. The first-order valence-electron chi connectivity index (χ1n) is 4.24. The summed E-state index contributed by atoms with van der Waals surface area (Å²) in [4.78, 5) is 15.1. The summed E-state index contributed by atoms with van der Waals surface area (Å²) in [5, 5.41) is 3.11. The molecule has 0 saturated heterocycles. The van der Waals surface area contributed by atoms with Crippen molar-refractivity contribution in [2.24, 2.45) is 0 Å². The topological polar surface area (TPSA) is 42.0 Å². The van der Waals surface area contributed by atoms with E-state index in [2.05, 4.69) is 26.2 Å². The van der Waals surface area contributed by atoms with Gasteiger partial charge in [0, 0.05) is 6.42 Å². The number of nitrogens with one attached hydrogen (secondary N) is 1. The second kappa shape index (κ2) is 5.32. The van der Waals surface area contributed by atoms with Gasteiger partial charge in [-0.25, -0.2) is 4.98 Å². The highest BCUT2D eigenvalue weighted by atomic mass is 79.9. The van der Waals surface area contributed by atoms with Gasteiger partial charge in [0.2, 0.25) is 5.91 Å². The third kappa shape index (κ3) is 3.27. The Hall–Kier alpha value is -0.610. The highest BCUT2D eigenvalue weighted by Gasteiger charge is 2.03. The summed E-state index contributed by atoms with van der Waals surface area (Å²) >= 11 is 8.94. The van der Waals surface area contributed by atoms with Gasteiger partial charge in [0.25, 0.3) is 0 Å². The van der Waals surface area contributed by atoms with E-state index in [9.17, 15) is 4.79 Å². The first-order chi connectivity index (χ1) is 6.63. The van der Waals surface area contributed by atoms with Crippen LogP contribution in [0.2, 0.25) is 5.15 Å². The molecule has 0 bridgehead atoms. The molecule has 3 nitrogen and oxygen atoms in total. The van der Waals surface area contributed by atoms with Crippen molar-refractivity contribution in [3.63, 3.8) is 0 Å². The molecule has 0 aliphatic rings. The fourth-order valence-electron chi connectivity index (χ4n) is 0.940. The normalized spacial score (nSPS) is 9.93. The van der Waals surface area contributed by atoms with Gasteiger partial charge in [-0.3, -0.25) is 4.79 Å². The summed E-state index contributed by atoms with van der Waals surface area (Å²) in [5.41, 5.74) is 0.653. The average Bonchev–Trinajstić information content (AvgIpc) is 2.12. The predicted molar refractivity (Wildman–Crippen MR) is 60.5 cm³/mol. The minimum Gasteiger partial charge on any atom is -0.325 e. The monoisotopic (exact) mass is 276 g/mol. The summed E-state index contributed by atoms with van der Waals surface area (Å²) in [5.74, 6) is -0.0106. The van der Waals surface area contributed by atoms with Crippen LogP contribution in [0.3, 0.4) is 0 Å². The van der Waals surface area contributed by atoms with Crippen molar-refractivity contribution < 1.29 is 4.79 Å². The number of carbonyl (C=O) groups is 1. The van der Waals surface area contributed by atoms with Crippen LogP contribution in [0.1, 0.15) is 19.8 Å². The summed E-state index contributed by atoms with van der Waals surface area (Å²) < 4.78 is 0.675. The summed E-state index contributed by atoms with van der Waals surface area (Å²) in [7, 11) is 0. The van der Waals surface area contributed by atoms with Gasteiger partial charge >= 0.3 is 0 Å². The van der Waals surface area contributed by atoms with E-state index in [-0.39, 0.29) is 5.91 Å². The summed E-state index contributed by atoms with van der Waals surface area (Å²) in [6.07, 6.45) is 2.87. The van der Waals surface area contributed by atoms with Gasteiger partial charge in [-0.2, -0.15) is 0 Å². The first kappa shape index (κ1) is 11.5. The molecule has 1 rings (SSSR count). The van der Waals surface area contributed by atoms with Gasteiger partial charge in [-0.05, 0) is 28.4 Å². The quantitative estimate of drug-likeness (QED) is 0.862. The second-order valence-electron chi connectivity index (χ2n) is 2.79. The Morgan fingerprint density at radius 1 is 1.71 bits per heavy atom. The Bertz CT molecular complexity index is 344. The zero-order valence-corrected chi connectivity index (χ0v) is 10.0. The maximum absolute atomic E-state index is 11.2. The molecule has 0 spiro atoms. The van der Waals surface area contributed by atoms with E-state index in [1.165, 1.54) is 6.20 Å². The van der Waals surface area contributed by atoms with Crippen molar-refractivity contribution in [3.05, 3.63) is 21.9 Å². The Morgan fingerprint density at radius 3 is 3.00 bits per heavy atom. The van der Waals surface area contributed by atoms with Gasteiger partial charge in [0.05, 0.1) is 16.4 Å². The molecule has 1 aromatic heterocycles. The van der Waals surface area contributed by atoms with Gasteiger partial charge in [-0.15, -0.1) is 0 Å². The van der Waals surface area contributed by atoms with Crippen LogP contribution in [-0.4, -0.2) is 10.9 Å². The van der Waals surface area contributed by atoms with Crippen molar-refractivity contribution >= 4 is 39.1 Å². The molecule has 0 unspecified atom stereocenters. The number of pyridine rings is 1. The maximum Gasteiger partial charge on any atom is 0.224 e. The van der Waals surface area contributed by atoms with E-state index in [0.29, 0.717) is 21.7 Å². The van der Waals surface area contributed by atoms with Crippen molar-refractivity contribution in [2.75, 3.05) is 5.32 Å². The Balaban J connectivity index is 2.68. The molecule has 0 aromatic carbocycles. The van der Waals surface area contributed by atoms with Gasteiger partial charge in [0.1, 0.15) is 5.15 Å². The van der Waals surface area contributed by atoms with E-state index in [0.717, 1.165) is 6.42 Å². The van der Waals surface area contributed by atoms with E-state index in [1.54, 1.807) is 6.07 Å². The fraction of sp³-hybridized carbons (Fsp3) is 0.333. The van der Waals surface area contributed by atoms with Crippen molar-refractivity contribution in [3.8, 4) is 0 Å². The van der Waals surface area contributed by atoms with Crippen LogP contribution in [0.15, 0.2) is 16.7 Å². The lowest BCUT2D eigenvalue weighted by atomic mass is 10.3. The highest BCUT2D eigenvalue weighted by Crippen LogP contribution is 2.22. The van der Waals surface area contributed by atoms with Crippen molar-refractivity contribution in [2.45, 2.75) is 19.8 Å². The average molecular weight is 278 g/mol. The molecule has 1 amide bonds. The Kier molecular flexibility index (Phi) is 4.35. The second-order valence-corrected chi connectivity index (χ2v) is 4.01. The smallest absolute Gasteiger partial charge is 0.224 e. The number of anilines is 1. The molecule has 14 heavy (non-hydrogen) atoms. The predicted octanol–water partition coefficient (Wildman–Crippen LogP) is 3.24. The number of carbonyl (C=O) groups excluding carboxylic acids is 1. The number of amides is 1. The van der Waals surface area contributed by atoms with Crippen LogP contribution in [-0.2, 0) is 4.79 Å². The summed E-state index contributed by atoms with van der Waals surface area (Å²) in [6.45, 7) is 1.95. The summed E-state index contributed by atoms with van der Waals surface area (Å²) in [6, 6.07) is 1.73. The SMILES string of the molecule is CCCC(=O)Nc1cnc(Cl)c(Br)c1. The maximum atomic E-state index is 11.2. The lowest BCUT2D eigenvalue weighted by molar-refractivity contribution is -0.116. The number of halogens is 2. The molecule has 76 valence electrons. The molecule has 0 saturated carbocycles. The Morgan fingerprint density at radius 2 is 2.43 bits per heavy atom. The standard InChI is InChI=1S/C9H10BrClN2O/c1-2-3-8(14)13-6-4-7(10)9(11)12-5-6/h4-5H,2-3H2,1H3,(H,13,14). The molecule has 0 aliphatic carbocycles.